The fraction of sp³-hybridized carbons (Fsp3) is 0.400. The van der Waals surface area contributed by atoms with Crippen LogP contribution in [0.1, 0.15) is 35.4 Å². The lowest BCUT2D eigenvalue weighted by molar-refractivity contribution is 0.295. The lowest BCUT2D eigenvalue weighted by atomic mass is 9.84. The summed E-state index contributed by atoms with van der Waals surface area (Å²) in [6, 6.07) is 13.0. The SMILES string of the molecule is CN1Cc2c(Cl)cc(Cl)cc2[C@H](c2ccc(N3CCCC3)cc2)C1. The van der Waals surface area contributed by atoms with Crippen LogP contribution in [0, 0.1) is 0 Å². The molecule has 1 saturated heterocycles. The van der Waals surface area contributed by atoms with Crippen LogP contribution in [0.4, 0.5) is 5.69 Å². The average molecular weight is 361 g/mol. The molecule has 0 unspecified atom stereocenters. The van der Waals surface area contributed by atoms with E-state index in [2.05, 4.69) is 47.2 Å². The van der Waals surface area contributed by atoms with E-state index in [4.69, 9.17) is 23.2 Å². The van der Waals surface area contributed by atoms with E-state index in [1.54, 1.807) is 0 Å². The van der Waals surface area contributed by atoms with Crippen molar-refractivity contribution < 1.29 is 0 Å². The third-order valence-corrected chi connectivity index (χ3v) is 5.81. The summed E-state index contributed by atoms with van der Waals surface area (Å²) in [5.74, 6) is 0.322. The Morgan fingerprint density at radius 3 is 2.42 bits per heavy atom. The third kappa shape index (κ3) is 3.03. The van der Waals surface area contributed by atoms with Crippen molar-refractivity contribution in [2.75, 3.05) is 31.6 Å². The van der Waals surface area contributed by atoms with Crippen LogP contribution in [0.2, 0.25) is 10.0 Å². The van der Waals surface area contributed by atoms with E-state index in [1.807, 2.05) is 6.07 Å². The summed E-state index contributed by atoms with van der Waals surface area (Å²) in [5.41, 5.74) is 5.16. The van der Waals surface area contributed by atoms with E-state index in [1.165, 1.54) is 48.3 Å². The number of nitrogens with zero attached hydrogens (tertiary/aromatic N) is 2. The fourth-order valence-corrected chi connectivity index (χ4v) is 4.59. The number of fused-ring (bicyclic) bond motifs is 1. The topological polar surface area (TPSA) is 6.48 Å². The van der Waals surface area contributed by atoms with Gasteiger partial charge in [0.05, 0.1) is 0 Å². The first kappa shape index (κ1) is 16.3. The Kier molecular flexibility index (Phi) is 4.46. The summed E-state index contributed by atoms with van der Waals surface area (Å²) in [7, 11) is 2.15. The monoisotopic (exact) mass is 360 g/mol. The van der Waals surface area contributed by atoms with Crippen molar-refractivity contribution in [2.24, 2.45) is 0 Å². The lowest BCUT2D eigenvalue weighted by Crippen LogP contribution is -2.31. The second-order valence-corrected chi connectivity index (χ2v) is 7.83. The fourth-order valence-electron chi connectivity index (χ4n) is 4.02. The molecule has 0 aromatic heterocycles. The number of benzene rings is 2. The van der Waals surface area contributed by atoms with Gasteiger partial charge >= 0.3 is 0 Å². The van der Waals surface area contributed by atoms with Crippen LogP contribution < -0.4 is 4.90 Å². The molecular weight excluding hydrogens is 339 g/mol. The highest BCUT2D eigenvalue weighted by Gasteiger charge is 2.27. The molecule has 2 aromatic rings. The normalized spacial score (nSPS) is 21.1. The Morgan fingerprint density at radius 2 is 1.71 bits per heavy atom. The van der Waals surface area contributed by atoms with Gasteiger partial charge in [-0.2, -0.15) is 0 Å². The lowest BCUT2D eigenvalue weighted by Gasteiger charge is -2.33. The van der Waals surface area contributed by atoms with Gasteiger partial charge in [0, 0.05) is 47.8 Å². The minimum Gasteiger partial charge on any atom is -0.372 e. The molecule has 2 aliphatic rings. The maximum absolute atomic E-state index is 6.46. The van der Waals surface area contributed by atoms with Crippen LogP contribution in [-0.4, -0.2) is 31.6 Å². The van der Waals surface area contributed by atoms with Crippen molar-refractivity contribution in [1.29, 1.82) is 0 Å². The van der Waals surface area contributed by atoms with Gasteiger partial charge in [-0.15, -0.1) is 0 Å². The molecule has 4 rings (SSSR count). The van der Waals surface area contributed by atoms with Crippen molar-refractivity contribution >= 4 is 28.9 Å². The maximum Gasteiger partial charge on any atom is 0.0468 e. The van der Waals surface area contributed by atoms with Gasteiger partial charge in [0.25, 0.3) is 0 Å². The van der Waals surface area contributed by atoms with Crippen LogP contribution in [0.25, 0.3) is 0 Å². The largest absolute Gasteiger partial charge is 0.372 e. The zero-order valence-corrected chi connectivity index (χ0v) is 15.4. The molecule has 0 aliphatic carbocycles. The first-order valence-corrected chi connectivity index (χ1v) is 9.38. The highest BCUT2D eigenvalue weighted by atomic mass is 35.5. The summed E-state index contributed by atoms with van der Waals surface area (Å²) < 4.78 is 0. The minimum atomic E-state index is 0.322. The van der Waals surface area contributed by atoms with Gasteiger partial charge in [-0.05, 0) is 60.8 Å². The predicted molar refractivity (Wildman–Crippen MR) is 103 cm³/mol. The molecule has 2 heterocycles. The van der Waals surface area contributed by atoms with Crippen LogP contribution in [-0.2, 0) is 6.54 Å². The van der Waals surface area contributed by atoms with Crippen molar-refractivity contribution in [3.8, 4) is 0 Å². The van der Waals surface area contributed by atoms with Crippen molar-refractivity contribution in [3.05, 3.63) is 63.1 Å². The molecule has 0 N–H and O–H groups in total. The quantitative estimate of drug-likeness (QED) is 0.728. The zero-order chi connectivity index (χ0) is 16.7. The van der Waals surface area contributed by atoms with Crippen molar-refractivity contribution in [1.82, 2.24) is 4.90 Å². The molecule has 1 atom stereocenters. The second kappa shape index (κ2) is 6.59. The summed E-state index contributed by atoms with van der Waals surface area (Å²) in [5, 5.41) is 1.50. The van der Waals surface area contributed by atoms with E-state index in [9.17, 15) is 0 Å². The Labute approximate surface area is 154 Å². The molecule has 2 aromatic carbocycles. The first-order chi connectivity index (χ1) is 11.6. The standard InChI is InChI=1S/C20H22Cl2N2/c1-23-12-18(17-10-15(21)11-20(22)19(17)13-23)14-4-6-16(7-5-14)24-8-2-3-9-24/h4-7,10-11,18H,2-3,8-9,12-13H2,1H3/t18-/m0/s1. The molecule has 0 radical (unpaired) electrons. The van der Waals surface area contributed by atoms with Crippen molar-refractivity contribution in [3.63, 3.8) is 0 Å². The smallest absolute Gasteiger partial charge is 0.0468 e. The minimum absolute atomic E-state index is 0.322. The first-order valence-electron chi connectivity index (χ1n) is 8.63. The molecule has 4 heteroatoms. The summed E-state index contributed by atoms with van der Waals surface area (Å²) >= 11 is 12.7. The van der Waals surface area contributed by atoms with E-state index in [-0.39, 0.29) is 0 Å². The van der Waals surface area contributed by atoms with Crippen LogP contribution in [0.3, 0.4) is 0 Å². The van der Waals surface area contributed by atoms with E-state index in [0.29, 0.717) is 5.92 Å². The Morgan fingerprint density at radius 1 is 1.00 bits per heavy atom. The Hall–Kier alpha value is -1.22. The van der Waals surface area contributed by atoms with Crippen molar-refractivity contribution in [2.45, 2.75) is 25.3 Å². The maximum atomic E-state index is 6.46. The third-order valence-electron chi connectivity index (χ3n) is 5.26. The molecule has 2 nitrogen and oxygen atoms in total. The van der Waals surface area contributed by atoms with Gasteiger partial charge in [-0.3, -0.25) is 0 Å². The number of anilines is 1. The van der Waals surface area contributed by atoms with Gasteiger partial charge in [0.1, 0.15) is 0 Å². The molecular formula is C20H22Cl2N2. The molecule has 126 valence electrons. The molecule has 0 saturated carbocycles. The van der Waals surface area contributed by atoms with E-state index >= 15 is 0 Å². The number of hydrogen-bond donors (Lipinski definition) is 0. The zero-order valence-electron chi connectivity index (χ0n) is 13.9. The van der Waals surface area contributed by atoms with Crippen LogP contribution in [0.15, 0.2) is 36.4 Å². The molecule has 1 fully saturated rings. The summed E-state index contributed by atoms with van der Waals surface area (Å²) in [6.07, 6.45) is 2.61. The second-order valence-electron chi connectivity index (χ2n) is 6.99. The predicted octanol–water partition coefficient (Wildman–Crippen LogP) is 5.17. The number of halogens is 2. The number of rotatable bonds is 2. The highest BCUT2D eigenvalue weighted by molar-refractivity contribution is 6.35. The molecule has 2 aliphatic heterocycles. The summed E-state index contributed by atoms with van der Waals surface area (Å²) in [4.78, 5) is 4.81. The van der Waals surface area contributed by atoms with Crippen LogP contribution >= 0.6 is 23.2 Å². The van der Waals surface area contributed by atoms with Gasteiger partial charge in [-0.25, -0.2) is 0 Å². The van der Waals surface area contributed by atoms with Gasteiger partial charge in [0.15, 0.2) is 0 Å². The molecule has 0 amide bonds. The molecule has 0 spiro atoms. The average Bonchev–Trinajstić information content (AvgIpc) is 3.10. The van der Waals surface area contributed by atoms with Gasteiger partial charge < -0.3 is 9.80 Å². The van der Waals surface area contributed by atoms with Gasteiger partial charge in [-0.1, -0.05) is 35.3 Å². The number of hydrogen-bond acceptors (Lipinski definition) is 2. The molecule has 0 bridgehead atoms. The highest BCUT2D eigenvalue weighted by Crippen LogP contribution is 2.38. The molecule has 24 heavy (non-hydrogen) atoms. The van der Waals surface area contributed by atoms with Gasteiger partial charge in [0.2, 0.25) is 0 Å². The van der Waals surface area contributed by atoms with E-state index in [0.717, 1.165) is 23.1 Å². The summed E-state index contributed by atoms with van der Waals surface area (Å²) in [6.45, 7) is 4.24. The van der Waals surface area contributed by atoms with Crippen LogP contribution in [0.5, 0.6) is 0 Å². The Bertz CT molecular complexity index is 736. The number of likely N-dealkylation sites (N-methyl/N-ethyl adjacent to an activating group) is 1. The van der Waals surface area contributed by atoms with E-state index < -0.39 is 0 Å². The Balaban J connectivity index is 1.69.